The molecular formula is C18H22N4O2. The minimum atomic E-state index is -1.00. The second-order valence-corrected chi connectivity index (χ2v) is 6.29. The Bertz CT molecular complexity index is 700. The second-order valence-electron chi connectivity index (χ2n) is 6.29. The quantitative estimate of drug-likeness (QED) is 0.847. The van der Waals surface area contributed by atoms with E-state index in [-0.39, 0.29) is 11.8 Å². The van der Waals surface area contributed by atoms with Crippen LogP contribution in [0.25, 0.3) is 0 Å². The minimum Gasteiger partial charge on any atom is -0.478 e. The van der Waals surface area contributed by atoms with Gasteiger partial charge in [0.25, 0.3) is 5.91 Å². The van der Waals surface area contributed by atoms with Crippen LogP contribution in [-0.2, 0) is 11.3 Å². The maximum absolute atomic E-state index is 12.4. The summed E-state index contributed by atoms with van der Waals surface area (Å²) in [5, 5.41) is 15.9. The van der Waals surface area contributed by atoms with Crippen LogP contribution in [0.5, 0.6) is 5.75 Å². The van der Waals surface area contributed by atoms with E-state index in [0.29, 0.717) is 17.9 Å². The molecule has 0 fully saturated rings. The monoisotopic (exact) mass is 326 g/mol. The molecule has 6 nitrogen and oxygen atoms in total. The molecule has 126 valence electrons. The van der Waals surface area contributed by atoms with Gasteiger partial charge < -0.3 is 10.1 Å². The van der Waals surface area contributed by atoms with Crippen LogP contribution in [0.15, 0.2) is 42.7 Å². The normalized spacial score (nSPS) is 12.2. The molecule has 24 heavy (non-hydrogen) atoms. The summed E-state index contributed by atoms with van der Waals surface area (Å²) in [4.78, 5) is 12.4. The standard InChI is InChI=1S/C18H22N4O2/c1-14(13-22-10-4-9-21-22)12-20-17(23)18(2,3)24-16-7-5-15(11-19)6-8-16/h4-10,14H,12-13H2,1-3H3,(H,20,23). The molecule has 2 aromatic rings. The smallest absolute Gasteiger partial charge is 0.263 e. The van der Waals surface area contributed by atoms with E-state index in [9.17, 15) is 4.79 Å². The molecule has 0 aliphatic heterocycles. The molecular weight excluding hydrogens is 304 g/mol. The van der Waals surface area contributed by atoms with E-state index in [4.69, 9.17) is 10.00 Å². The van der Waals surface area contributed by atoms with Crippen molar-refractivity contribution >= 4 is 5.91 Å². The minimum absolute atomic E-state index is 0.181. The number of amides is 1. The van der Waals surface area contributed by atoms with Crippen LogP contribution in [0.2, 0.25) is 0 Å². The van der Waals surface area contributed by atoms with E-state index in [2.05, 4.69) is 17.3 Å². The molecule has 1 unspecified atom stereocenters. The van der Waals surface area contributed by atoms with Crippen LogP contribution >= 0.6 is 0 Å². The lowest BCUT2D eigenvalue weighted by Gasteiger charge is -2.26. The van der Waals surface area contributed by atoms with Crippen molar-refractivity contribution in [3.63, 3.8) is 0 Å². The average Bonchev–Trinajstić information content (AvgIpc) is 3.05. The number of ether oxygens (including phenoxy) is 1. The van der Waals surface area contributed by atoms with Gasteiger partial charge in [0.15, 0.2) is 5.60 Å². The summed E-state index contributed by atoms with van der Waals surface area (Å²) < 4.78 is 7.60. The van der Waals surface area contributed by atoms with E-state index < -0.39 is 5.60 Å². The zero-order chi connectivity index (χ0) is 17.6. The van der Waals surface area contributed by atoms with Crippen LogP contribution in [0, 0.1) is 17.2 Å². The molecule has 0 aliphatic rings. The van der Waals surface area contributed by atoms with Gasteiger partial charge in [0.2, 0.25) is 0 Å². The average molecular weight is 326 g/mol. The number of hydrogen-bond donors (Lipinski definition) is 1. The van der Waals surface area contributed by atoms with Crippen LogP contribution in [0.4, 0.5) is 0 Å². The van der Waals surface area contributed by atoms with Gasteiger partial charge in [-0.3, -0.25) is 9.48 Å². The molecule has 0 radical (unpaired) electrons. The number of aromatic nitrogens is 2. The highest BCUT2D eigenvalue weighted by Gasteiger charge is 2.30. The molecule has 0 aliphatic carbocycles. The van der Waals surface area contributed by atoms with Crippen LogP contribution < -0.4 is 10.1 Å². The van der Waals surface area contributed by atoms with Crippen molar-refractivity contribution in [1.29, 1.82) is 5.26 Å². The van der Waals surface area contributed by atoms with E-state index in [0.717, 1.165) is 6.54 Å². The van der Waals surface area contributed by atoms with Crippen LogP contribution in [0.1, 0.15) is 26.3 Å². The number of carbonyl (C=O) groups excluding carboxylic acids is 1. The SMILES string of the molecule is CC(CNC(=O)C(C)(C)Oc1ccc(C#N)cc1)Cn1cccn1. The second kappa shape index (κ2) is 7.64. The third kappa shape index (κ3) is 4.85. The first-order valence-corrected chi connectivity index (χ1v) is 7.85. The van der Waals surface area contributed by atoms with Crippen molar-refractivity contribution < 1.29 is 9.53 Å². The first kappa shape index (κ1) is 17.5. The maximum atomic E-state index is 12.4. The fraction of sp³-hybridized carbons (Fsp3) is 0.389. The summed E-state index contributed by atoms with van der Waals surface area (Å²) in [5.74, 6) is 0.623. The summed E-state index contributed by atoms with van der Waals surface area (Å²) in [6, 6.07) is 10.6. The Labute approximate surface area is 142 Å². The highest BCUT2D eigenvalue weighted by atomic mass is 16.5. The van der Waals surface area contributed by atoms with Gasteiger partial charge in [-0.05, 0) is 50.1 Å². The Balaban J connectivity index is 1.86. The molecule has 1 aromatic carbocycles. The first-order chi connectivity index (χ1) is 11.4. The maximum Gasteiger partial charge on any atom is 0.263 e. The molecule has 1 atom stereocenters. The molecule has 0 saturated carbocycles. The molecule has 6 heteroatoms. The Morgan fingerprint density at radius 1 is 1.42 bits per heavy atom. The summed E-state index contributed by atoms with van der Waals surface area (Å²) in [5.41, 5.74) is -0.448. The number of nitriles is 1. The Hall–Kier alpha value is -2.81. The number of hydrogen-bond acceptors (Lipinski definition) is 4. The van der Waals surface area contributed by atoms with Crippen LogP contribution in [0.3, 0.4) is 0 Å². The summed E-state index contributed by atoms with van der Waals surface area (Å²) >= 11 is 0. The van der Waals surface area contributed by atoms with Crippen molar-refractivity contribution in [3.05, 3.63) is 48.3 Å². The Morgan fingerprint density at radius 2 is 2.12 bits per heavy atom. The zero-order valence-electron chi connectivity index (χ0n) is 14.2. The summed E-state index contributed by atoms with van der Waals surface area (Å²) in [6.45, 7) is 6.77. The van der Waals surface area contributed by atoms with Crippen molar-refractivity contribution in [2.24, 2.45) is 5.92 Å². The fourth-order valence-corrected chi connectivity index (χ4v) is 2.21. The molecule has 2 rings (SSSR count). The predicted octanol–water partition coefficient (Wildman–Crippen LogP) is 2.36. The molecule has 0 saturated heterocycles. The number of carbonyl (C=O) groups is 1. The van der Waals surface area contributed by atoms with Gasteiger partial charge in [-0.15, -0.1) is 0 Å². The molecule has 1 heterocycles. The lowest BCUT2D eigenvalue weighted by atomic mass is 10.1. The number of benzene rings is 1. The molecule has 0 bridgehead atoms. The number of rotatable bonds is 7. The topological polar surface area (TPSA) is 79.9 Å². The molecule has 1 aromatic heterocycles. The van der Waals surface area contributed by atoms with Gasteiger partial charge in [-0.2, -0.15) is 10.4 Å². The van der Waals surface area contributed by atoms with E-state index in [1.807, 2.05) is 23.0 Å². The van der Waals surface area contributed by atoms with Gasteiger partial charge >= 0.3 is 0 Å². The zero-order valence-corrected chi connectivity index (χ0v) is 14.2. The van der Waals surface area contributed by atoms with Gasteiger partial charge in [-0.25, -0.2) is 0 Å². The van der Waals surface area contributed by atoms with Crippen molar-refractivity contribution in [2.75, 3.05) is 6.54 Å². The van der Waals surface area contributed by atoms with Crippen molar-refractivity contribution in [3.8, 4) is 11.8 Å². The third-order valence-corrected chi connectivity index (χ3v) is 3.57. The van der Waals surface area contributed by atoms with Crippen LogP contribution in [-0.4, -0.2) is 27.8 Å². The molecule has 0 spiro atoms. The van der Waals surface area contributed by atoms with Gasteiger partial charge in [0, 0.05) is 25.5 Å². The van der Waals surface area contributed by atoms with E-state index >= 15 is 0 Å². The first-order valence-electron chi connectivity index (χ1n) is 7.85. The number of nitrogens with one attached hydrogen (secondary N) is 1. The Kier molecular flexibility index (Phi) is 5.59. The van der Waals surface area contributed by atoms with E-state index in [1.54, 1.807) is 44.3 Å². The predicted molar refractivity (Wildman–Crippen MR) is 90.3 cm³/mol. The third-order valence-electron chi connectivity index (χ3n) is 3.57. The number of nitrogens with zero attached hydrogens (tertiary/aromatic N) is 3. The van der Waals surface area contributed by atoms with Crippen molar-refractivity contribution in [2.45, 2.75) is 32.9 Å². The largest absolute Gasteiger partial charge is 0.478 e. The Morgan fingerprint density at radius 3 is 2.71 bits per heavy atom. The highest BCUT2D eigenvalue weighted by molar-refractivity contribution is 5.84. The lowest BCUT2D eigenvalue weighted by molar-refractivity contribution is -0.134. The van der Waals surface area contributed by atoms with Gasteiger partial charge in [-0.1, -0.05) is 6.92 Å². The van der Waals surface area contributed by atoms with Gasteiger partial charge in [0.1, 0.15) is 5.75 Å². The van der Waals surface area contributed by atoms with Gasteiger partial charge in [0.05, 0.1) is 11.6 Å². The molecule has 1 N–H and O–H groups in total. The fourth-order valence-electron chi connectivity index (χ4n) is 2.21. The highest BCUT2D eigenvalue weighted by Crippen LogP contribution is 2.19. The molecule has 1 amide bonds. The van der Waals surface area contributed by atoms with E-state index in [1.165, 1.54) is 0 Å². The summed E-state index contributed by atoms with van der Waals surface area (Å²) in [7, 11) is 0. The lowest BCUT2D eigenvalue weighted by Crippen LogP contribution is -2.47. The summed E-state index contributed by atoms with van der Waals surface area (Å²) in [6.07, 6.45) is 3.64. The van der Waals surface area contributed by atoms with Crippen molar-refractivity contribution in [1.82, 2.24) is 15.1 Å².